The number of carbonyl (C=O) groups excluding carboxylic acids is 1. The van der Waals surface area contributed by atoms with E-state index >= 15 is 0 Å². The van der Waals surface area contributed by atoms with E-state index < -0.39 is 16.9 Å². The summed E-state index contributed by atoms with van der Waals surface area (Å²) < 4.78 is 0. The summed E-state index contributed by atoms with van der Waals surface area (Å²) in [4.78, 5) is 25.1. The third kappa shape index (κ3) is 4.44. The number of nitrogens with one attached hydrogen (secondary N) is 1. The third-order valence-electron chi connectivity index (χ3n) is 4.20. The molecule has 0 saturated carbocycles. The number of rotatable bonds is 5. The minimum atomic E-state index is -0.667. The summed E-state index contributed by atoms with van der Waals surface area (Å²) in [5.41, 5.74) is 0.732. The van der Waals surface area contributed by atoms with Crippen LogP contribution in [0.2, 0.25) is 0 Å². The smallest absolute Gasteiger partial charge is 0.293 e. The van der Waals surface area contributed by atoms with Crippen LogP contribution < -0.4 is 10.2 Å². The molecule has 1 aromatic rings. The molecular formula is C17H25N3O4. The Hall–Kier alpha value is -2.15. The molecule has 0 unspecified atom stereocenters. The normalized spacial score (nSPS) is 22.1. The average molecular weight is 335 g/mol. The zero-order valence-electron chi connectivity index (χ0n) is 14.4. The topological polar surface area (TPSA) is 95.7 Å². The summed E-state index contributed by atoms with van der Waals surface area (Å²) in [6.45, 7) is 7.51. The minimum Gasteiger partial charge on any atom is -0.392 e. The number of carbonyl (C=O) groups is 1. The Morgan fingerprint density at radius 3 is 2.58 bits per heavy atom. The molecule has 1 aliphatic rings. The maximum Gasteiger partial charge on any atom is 0.293 e. The van der Waals surface area contributed by atoms with E-state index in [9.17, 15) is 20.0 Å². The van der Waals surface area contributed by atoms with Crippen molar-refractivity contribution in [2.24, 2.45) is 11.8 Å². The van der Waals surface area contributed by atoms with E-state index in [2.05, 4.69) is 19.2 Å². The monoisotopic (exact) mass is 335 g/mol. The van der Waals surface area contributed by atoms with Crippen molar-refractivity contribution in [2.75, 3.05) is 24.5 Å². The summed E-state index contributed by atoms with van der Waals surface area (Å²) in [6.07, 6.45) is 0.448. The highest BCUT2D eigenvalue weighted by atomic mass is 16.6. The van der Waals surface area contributed by atoms with Crippen molar-refractivity contribution >= 4 is 17.3 Å². The van der Waals surface area contributed by atoms with Crippen LogP contribution in [0.1, 0.15) is 37.6 Å². The van der Waals surface area contributed by atoms with Crippen molar-refractivity contribution in [3.05, 3.63) is 33.9 Å². The van der Waals surface area contributed by atoms with Crippen LogP contribution >= 0.6 is 0 Å². The molecule has 0 bridgehead atoms. The number of piperidine rings is 1. The molecule has 24 heavy (non-hydrogen) atoms. The lowest BCUT2D eigenvalue weighted by molar-refractivity contribution is -0.384. The number of nitro benzene ring substituents is 1. The maximum absolute atomic E-state index is 12.1. The molecule has 132 valence electrons. The van der Waals surface area contributed by atoms with Crippen molar-refractivity contribution in [2.45, 2.75) is 33.3 Å². The maximum atomic E-state index is 12.1. The molecule has 0 aromatic heterocycles. The summed E-state index contributed by atoms with van der Waals surface area (Å²) in [5.74, 6) is 0.524. The van der Waals surface area contributed by atoms with E-state index in [0.717, 1.165) is 19.5 Å². The minimum absolute atomic E-state index is 0.0546. The Labute approximate surface area is 141 Å². The zero-order valence-corrected chi connectivity index (χ0v) is 14.4. The van der Waals surface area contributed by atoms with Gasteiger partial charge in [-0.3, -0.25) is 14.9 Å². The van der Waals surface area contributed by atoms with Gasteiger partial charge in [-0.2, -0.15) is 0 Å². The standard InChI is InChI=1S/C17H25N3O4/c1-11-6-12(2)10-19(9-11)15-5-4-14(7-16(15)20(23)24)17(22)18-8-13(3)21/h4-5,7,11-13,21H,6,8-10H2,1-3H3,(H,18,22)/t11-,12+,13-/m1/s1. The van der Waals surface area contributed by atoms with Crippen LogP contribution in [0.3, 0.4) is 0 Å². The van der Waals surface area contributed by atoms with Crippen molar-refractivity contribution in [1.82, 2.24) is 5.32 Å². The first kappa shape index (κ1) is 18.2. The third-order valence-corrected chi connectivity index (χ3v) is 4.20. The van der Waals surface area contributed by atoms with Crippen LogP contribution in [0.25, 0.3) is 0 Å². The molecule has 0 radical (unpaired) electrons. The summed E-state index contributed by atoms with van der Waals surface area (Å²) in [7, 11) is 0. The molecule has 1 heterocycles. The van der Waals surface area contributed by atoms with Crippen molar-refractivity contribution in [1.29, 1.82) is 0 Å². The van der Waals surface area contributed by atoms with Gasteiger partial charge in [0.05, 0.1) is 11.0 Å². The van der Waals surface area contributed by atoms with E-state index in [-0.39, 0.29) is 17.8 Å². The molecule has 1 aliphatic heterocycles. The van der Waals surface area contributed by atoms with Crippen LogP contribution in [0.4, 0.5) is 11.4 Å². The van der Waals surface area contributed by atoms with Crippen LogP contribution in [0.15, 0.2) is 18.2 Å². The highest BCUT2D eigenvalue weighted by Gasteiger charge is 2.27. The summed E-state index contributed by atoms with van der Waals surface area (Å²) in [6, 6.07) is 4.57. The largest absolute Gasteiger partial charge is 0.392 e. The molecule has 0 aliphatic carbocycles. The van der Waals surface area contributed by atoms with Crippen LogP contribution in [0.5, 0.6) is 0 Å². The van der Waals surface area contributed by atoms with Crippen LogP contribution in [-0.2, 0) is 0 Å². The summed E-state index contributed by atoms with van der Waals surface area (Å²) in [5, 5.41) is 23.3. The number of hydrogen-bond acceptors (Lipinski definition) is 5. The number of anilines is 1. The number of aliphatic hydroxyl groups is 1. The van der Waals surface area contributed by atoms with E-state index in [0.29, 0.717) is 17.5 Å². The van der Waals surface area contributed by atoms with Gasteiger partial charge in [-0.25, -0.2) is 0 Å². The first-order valence-corrected chi connectivity index (χ1v) is 8.27. The second-order valence-electron chi connectivity index (χ2n) is 6.87. The fourth-order valence-corrected chi connectivity index (χ4v) is 3.28. The second-order valence-corrected chi connectivity index (χ2v) is 6.87. The van der Waals surface area contributed by atoms with Gasteiger partial charge < -0.3 is 15.3 Å². The molecule has 1 amide bonds. The summed E-state index contributed by atoms with van der Waals surface area (Å²) >= 11 is 0. The van der Waals surface area contributed by atoms with Crippen molar-refractivity contribution in [3.8, 4) is 0 Å². The lowest BCUT2D eigenvalue weighted by Gasteiger charge is -2.36. The fourth-order valence-electron chi connectivity index (χ4n) is 3.28. The molecule has 0 spiro atoms. The highest BCUT2D eigenvalue weighted by Crippen LogP contribution is 2.33. The van der Waals surface area contributed by atoms with Gasteiger partial charge in [0.25, 0.3) is 11.6 Å². The first-order valence-electron chi connectivity index (χ1n) is 8.27. The van der Waals surface area contributed by atoms with Gasteiger partial charge in [-0.1, -0.05) is 13.8 Å². The van der Waals surface area contributed by atoms with E-state index in [4.69, 9.17) is 0 Å². The molecule has 1 fully saturated rings. The highest BCUT2D eigenvalue weighted by molar-refractivity contribution is 5.95. The molecule has 7 nitrogen and oxygen atoms in total. The van der Waals surface area contributed by atoms with E-state index in [1.807, 2.05) is 4.90 Å². The lowest BCUT2D eigenvalue weighted by Crippen LogP contribution is -2.39. The Bertz CT molecular complexity index is 608. The molecule has 2 N–H and O–H groups in total. The number of hydrogen-bond donors (Lipinski definition) is 2. The Balaban J connectivity index is 2.27. The molecule has 1 aromatic carbocycles. The second kappa shape index (κ2) is 7.61. The quantitative estimate of drug-likeness (QED) is 0.635. The van der Waals surface area contributed by atoms with Gasteiger partial charge in [-0.15, -0.1) is 0 Å². The predicted octanol–water partition coefficient (Wildman–Crippen LogP) is 2.19. The molecule has 2 rings (SSSR count). The Kier molecular flexibility index (Phi) is 5.77. The average Bonchev–Trinajstić information content (AvgIpc) is 2.50. The molecular weight excluding hydrogens is 310 g/mol. The SMILES string of the molecule is C[C@@H]1C[C@H](C)CN(c2ccc(C(=O)NC[C@@H](C)O)cc2[N+](=O)[O-])C1. The number of nitrogens with zero attached hydrogens (tertiary/aromatic N) is 2. The van der Waals surface area contributed by atoms with Gasteiger partial charge in [0.15, 0.2) is 0 Å². The lowest BCUT2D eigenvalue weighted by atomic mass is 9.91. The van der Waals surface area contributed by atoms with Crippen molar-refractivity contribution < 1.29 is 14.8 Å². The molecule has 1 saturated heterocycles. The van der Waals surface area contributed by atoms with E-state index in [1.54, 1.807) is 19.1 Å². The van der Waals surface area contributed by atoms with Crippen LogP contribution in [0, 0.1) is 22.0 Å². The zero-order chi connectivity index (χ0) is 17.9. The fraction of sp³-hybridized carbons (Fsp3) is 0.588. The van der Waals surface area contributed by atoms with Gasteiger partial charge in [0, 0.05) is 31.3 Å². The van der Waals surface area contributed by atoms with Gasteiger partial charge >= 0.3 is 0 Å². The Morgan fingerprint density at radius 2 is 2.04 bits per heavy atom. The number of aliphatic hydroxyl groups excluding tert-OH is 1. The molecule has 3 atom stereocenters. The van der Waals surface area contributed by atoms with Gasteiger partial charge in [-0.05, 0) is 37.3 Å². The van der Waals surface area contributed by atoms with Gasteiger partial charge in [0.1, 0.15) is 5.69 Å². The van der Waals surface area contributed by atoms with Crippen LogP contribution in [-0.4, -0.2) is 41.7 Å². The van der Waals surface area contributed by atoms with Gasteiger partial charge in [0.2, 0.25) is 0 Å². The Morgan fingerprint density at radius 1 is 1.42 bits per heavy atom. The predicted molar refractivity (Wildman–Crippen MR) is 92.3 cm³/mol. The first-order chi connectivity index (χ1) is 11.3. The number of amides is 1. The van der Waals surface area contributed by atoms with E-state index in [1.165, 1.54) is 6.07 Å². The number of benzene rings is 1. The number of nitro groups is 1. The molecule has 7 heteroatoms. The van der Waals surface area contributed by atoms with Crippen molar-refractivity contribution in [3.63, 3.8) is 0 Å².